The van der Waals surface area contributed by atoms with Gasteiger partial charge in [-0.2, -0.15) is 0 Å². The van der Waals surface area contributed by atoms with E-state index in [9.17, 15) is 4.79 Å². The molecular weight excluding hydrogens is 154 g/mol. The lowest BCUT2D eigenvalue weighted by molar-refractivity contribution is -0.151. The summed E-state index contributed by atoms with van der Waals surface area (Å²) in [6.07, 6.45) is 1.21. The molecule has 1 rings (SSSR count). The maximum absolute atomic E-state index is 10.9. The predicted octanol–water partition coefficient (Wildman–Crippen LogP) is 1.19. The summed E-state index contributed by atoms with van der Waals surface area (Å²) in [4.78, 5) is 13.1. The smallest absolute Gasteiger partial charge is 0.310 e. The van der Waals surface area contributed by atoms with Crippen LogP contribution in [0.5, 0.6) is 0 Å². The summed E-state index contributed by atoms with van der Waals surface area (Å²) in [5.74, 6) is -0.707. The second-order valence-electron chi connectivity index (χ2n) is 4.09. The van der Waals surface area contributed by atoms with Crippen LogP contribution in [-0.2, 0) is 4.79 Å². The number of likely N-dealkylation sites (tertiary alicyclic amines) is 1. The average molecular weight is 171 g/mol. The lowest BCUT2D eigenvalue weighted by atomic mass is 9.83. The van der Waals surface area contributed by atoms with Crippen molar-refractivity contribution in [3.05, 3.63) is 0 Å². The Balaban J connectivity index is 2.59. The Morgan fingerprint density at radius 2 is 2.00 bits per heavy atom. The first kappa shape index (κ1) is 9.52. The van der Waals surface area contributed by atoms with Crippen molar-refractivity contribution >= 4 is 5.97 Å². The van der Waals surface area contributed by atoms with Crippen molar-refractivity contribution in [3.8, 4) is 0 Å². The van der Waals surface area contributed by atoms with E-state index in [1.807, 2.05) is 6.92 Å². The van der Waals surface area contributed by atoms with Crippen LogP contribution in [0.4, 0.5) is 0 Å². The van der Waals surface area contributed by atoms with Crippen molar-refractivity contribution in [1.29, 1.82) is 0 Å². The van der Waals surface area contributed by atoms with Gasteiger partial charge in [-0.3, -0.25) is 9.69 Å². The SMILES string of the molecule is CC(N1CCC1)C(C)(C)C(=O)O. The van der Waals surface area contributed by atoms with Crippen LogP contribution in [0.15, 0.2) is 0 Å². The van der Waals surface area contributed by atoms with Gasteiger partial charge in [-0.05, 0) is 40.3 Å². The molecule has 0 amide bonds. The van der Waals surface area contributed by atoms with Crippen molar-refractivity contribution in [1.82, 2.24) is 4.90 Å². The lowest BCUT2D eigenvalue weighted by Gasteiger charge is -2.42. The quantitative estimate of drug-likeness (QED) is 0.693. The molecule has 1 fully saturated rings. The van der Waals surface area contributed by atoms with Gasteiger partial charge in [0.05, 0.1) is 5.41 Å². The van der Waals surface area contributed by atoms with Crippen LogP contribution in [0.3, 0.4) is 0 Å². The van der Waals surface area contributed by atoms with Gasteiger partial charge in [0.15, 0.2) is 0 Å². The second-order valence-corrected chi connectivity index (χ2v) is 4.09. The van der Waals surface area contributed by atoms with Gasteiger partial charge in [-0.25, -0.2) is 0 Å². The third kappa shape index (κ3) is 1.46. The molecule has 0 radical (unpaired) electrons. The van der Waals surface area contributed by atoms with Gasteiger partial charge in [0.1, 0.15) is 0 Å². The maximum atomic E-state index is 10.9. The van der Waals surface area contributed by atoms with Gasteiger partial charge in [-0.15, -0.1) is 0 Å². The maximum Gasteiger partial charge on any atom is 0.310 e. The Labute approximate surface area is 73.4 Å². The minimum Gasteiger partial charge on any atom is -0.481 e. The molecule has 1 saturated heterocycles. The topological polar surface area (TPSA) is 40.5 Å². The number of carbonyl (C=O) groups is 1. The summed E-state index contributed by atoms with van der Waals surface area (Å²) in [7, 11) is 0. The zero-order valence-electron chi connectivity index (χ0n) is 8.00. The highest BCUT2D eigenvalue weighted by molar-refractivity contribution is 5.74. The summed E-state index contributed by atoms with van der Waals surface area (Å²) in [5, 5.41) is 8.95. The summed E-state index contributed by atoms with van der Waals surface area (Å²) >= 11 is 0. The first-order valence-electron chi connectivity index (χ1n) is 4.43. The molecule has 0 aliphatic carbocycles. The minimum atomic E-state index is -0.707. The molecule has 12 heavy (non-hydrogen) atoms. The number of carboxylic acids is 1. The first-order valence-corrected chi connectivity index (χ1v) is 4.43. The van der Waals surface area contributed by atoms with Crippen LogP contribution in [0.1, 0.15) is 27.2 Å². The van der Waals surface area contributed by atoms with Crippen molar-refractivity contribution in [2.45, 2.75) is 33.2 Å². The van der Waals surface area contributed by atoms with Crippen LogP contribution in [0, 0.1) is 5.41 Å². The van der Waals surface area contributed by atoms with Crippen molar-refractivity contribution < 1.29 is 9.90 Å². The molecule has 1 heterocycles. The molecule has 1 aliphatic heterocycles. The fourth-order valence-corrected chi connectivity index (χ4v) is 1.36. The highest BCUT2D eigenvalue weighted by atomic mass is 16.4. The van der Waals surface area contributed by atoms with Crippen LogP contribution in [0.2, 0.25) is 0 Å². The van der Waals surface area contributed by atoms with E-state index in [4.69, 9.17) is 5.11 Å². The standard InChI is InChI=1S/C9H17NO2/c1-7(10-5-4-6-10)9(2,3)8(11)12/h7H,4-6H2,1-3H3,(H,11,12). The lowest BCUT2D eigenvalue weighted by Crippen LogP contribution is -2.52. The van der Waals surface area contributed by atoms with Gasteiger partial charge in [0, 0.05) is 6.04 Å². The van der Waals surface area contributed by atoms with Crippen molar-refractivity contribution in [3.63, 3.8) is 0 Å². The van der Waals surface area contributed by atoms with Crippen LogP contribution in [-0.4, -0.2) is 35.1 Å². The fraction of sp³-hybridized carbons (Fsp3) is 0.889. The molecule has 70 valence electrons. The molecule has 1 atom stereocenters. The third-order valence-electron chi connectivity index (χ3n) is 3.03. The summed E-state index contributed by atoms with van der Waals surface area (Å²) in [5.41, 5.74) is -0.625. The highest BCUT2D eigenvalue weighted by Crippen LogP contribution is 2.28. The van der Waals surface area contributed by atoms with E-state index >= 15 is 0 Å². The number of rotatable bonds is 3. The van der Waals surface area contributed by atoms with E-state index in [2.05, 4.69) is 4.90 Å². The number of aliphatic carboxylic acids is 1. The minimum absolute atomic E-state index is 0.142. The first-order chi connectivity index (χ1) is 5.46. The van der Waals surface area contributed by atoms with E-state index in [1.165, 1.54) is 6.42 Å². The molecule has 3 nitrogen and oxygen atoms in total. The molecule has 1 aliphatic rings. The molecule has 0 bridgehead atoms. The summed E-state index contributed by atoms with van der Waals surface area (Å²) < 4.78 is 0. The molecule has 1 N–H and O–H groups in total. The molecule has 1 unspecified atom stereocenters. The molecule has 0 aromatic rings. The van der Waals surface area contributed by atoms with Gasteiger partial charge < -0.3 is 5.11 Å². The Hall–Kier alpha value is -0.570. The largest absolute Gasteiger partial charge is 0.481 e. The molecular formula is C9H17NO2. The van der Waals surface area contributed by atoms with Crippen molar-refractivity contribution in [2.75, 3.05) is 13.1 Å². The van der Waals surface area contributed by atoms with E-state index in [-0.39, 0.29) is 6.04 Å². The summed E-state index contributed by atoms with van der Waals surface area (Å²) in [6.45, 7) is 7.68. The van der Waals surface area contributed by atoms with Gasteiger partial charge in [0.25, 0.3) is 0 Å². The van der Waals surface area contributed by atoms with E-state index in [0.717, 1.165) is 13.1 Å². The van der Waals surface area contributed by atoms with Gasteiger partial charge in [0.2, 0.25) is 0 Å². The number of nitrogens with zero attached hydrogens (tertiary/aromatic N) is 1. The van der Waals surface area contributed by atoms with Gasteiger partial charge in [-0.1, -0.05) is 0 Å². The van der Waals surface area contributed by atoms with Crippen molar-refractivity contribution in [2.24, 2.45) is 5.41 Å². The Kier molecular flexibility index (Phi) is 2.42. The Morgan fingerprint density at radius 1 is 1.50 bits per heavy atom. The number of carboxylic acid groups (broad SMARTS) is 1. The average Bonchev–Trinajstić information content (AvgIpc) is 1.83. The zero-order chi connectivity index (χ0) is 9.35. The Morgan fingerprint density at radius 3 is 2.25 bits per heavy atom. The monoisotopic (exact) mass is 171 g/mol. The predicted molar refractivity (Wildman–Crippen MR) is 47.1 cm³/mol. The van der Waals surface area contributed by atoms with Gasteiger partial charge >= 0.3 is 5.97 Å². The number of hydrogen-bond acceptors (Lipinski definition) is 2. The molecule has 3 heteroatoms. The molecule has 0 saturated carbocycles. The van der Waals surface area contributed by atoms with E-state index < -0.39 is 11.4 Å². The fourth-order valence-electron chi connectivity index (χ4n) is 1.36. The molecule has 0 aromatic heterocycles. The normalized spacial score (nSPS) is 21.6. The van der Waals surface area contributed by atoms with Crippen LogP contribution < -0.4 is 0 Å². The zero-order valence-corrected chi connectivity index (χ0v) is 8.00. The summed E-state index contributed by atoms with van der Waals surface area (Å²) in [6, 6.07) is 0.142. The van der Waals surface area contributed by atoms with Crippen LogP contribution >= 0.6 is 0 Å². The molecule has 0 spiro atoms. The third-order valence-corrected chi connectivity index (χ3v) is 3.03. The van der Waals surface area contributed by atoms with Crippen LogP contribution in [0.25, 0.3) is 0 Å². The van der Waals surface area contributed by atoms with E-state index in [1.54, 1.807) is 13.8 Å². The Bertz CT molecular complexity index is 185. The number of hydrogen-bond donors (Lipinski definition) is 1. The van der Waals surface area contributed by atoms with E-state index in [0.29, 0.717) is 0 Å². The second kappa shape index (κ2) is 3.05. The highest BCUT2D eigenvalue weighted by Gasteiger charge is 2.38. The molecule has 0 aromatic carbocycles.